The van der Waals surface area contributed by atoms with Gasteiger partial charge in [-0.3, -0.25) is 4.79 Å². The van der Waals surface area contributed by atoms with Gasteiger partial charge in [0.2, 0.25) is 0 Å². The van der Waals surface area contributed by atoms with Crippen LogP contribution in [0.3, 0.4) is 0 Å². The van der Waals surface area contributed by atoms with E-state index in [1.54, 1.807) is 6.92 Å². The molecule has 0 atom stereocenters. The van der Waals surface area contributed by atoms with Crippen LogP contribution < -0.4 is 0 Å². The third-order valence-corrected chi connectivity index (χ3v) is 3.34. The zero-order valence-electron chi connectivity index (χ0n) is 12.1. The third-order valence-electron chi connectivity index (χ3n) is 3.34. The van der Waals surface area contributed by atoms with Crippen LogP contribution in [-0.2, 0) is 4.79 Å². The lowest BCUT2D eigenvalue weighted by atomic mass is 9.90. The molecule has 0 aromatic heterocycles. The Bertz CT molecular complexity index is 594. The van der Waals surface area contributed by atoms with Crippen molar-refractivity contribution < 1.29 is 4.79 Å². The highest BCUT2D eigenvalue weighted by molar-refractivity contribution is 6.26. The zero-order chi connectivity index (χ0) is 14.4. The van der Waals surface area contributed by atoms with Crippen LogP contribution in [0.1, 0.15) is 37.8 Å². The summed E-state index contributed by atoms with van der Waals surface area (Å²) >= 11 is 0. The Morgan fingerprint density at radius 3 is 1.80 bits per heavy atom. The number of allylic oxidation sites excluding steroid dienone is 2. The van der Waals surface area contributed by atoms with Gasteiger partial charge < -0.3 is 0 Å². The van der Waals surface area contributed by atoms with Crippen LogP contribution in [0.2, 0.25) is 0 Å². The van der Waals surface area contributed by atoms with Gasteiger partial charge in [-0.1, -0.05) is 74.0 Å². The molecule has 0 fully saturated rings. The Morgan fingerprint density at radius 2 is 1.35 bits per heavy atom. The van der Waals surface area contributed by atoms with E-state index in [0.29, 0.717) is 0 Å². The van der Waals surface area contributed by atoms with E-state index in [2.05, 4.69) is 19.1 Å². The van der Waals surface area contributed by atoms with Crippen LogP contribution in [0, 0.1) is 0 Å². The quantitative estimate of drug-likeness (QED) is 0.549. The second-order valence-corrected chi connectivity index (χ2v) is 4.89. The van der Waals surface area contributed by atoms with Crippen molar-refractivity contribution in [2.45, 2.75) is 26.7 Å². The summed E-state index contributed by atoms with van der Waals surface area (Å²) in [4.78, 5) is 12.2. The first-order chi connectivity index (χ1) is 9.74. The summed E-state index contributed by atoms with van der Waals surface area (Å²) in [5.41, 5.74) is 4.14. The minimum Gasteiger partial charge on any atom is -0.294 e. The van der Waals surface area contributed by atoms with Gasteiger partial charge in [-0.15, -0.1) is 0 Å². The molecule has 0 aliphatic rings. The molecule has 0 amide bonds. The highest BCUT2D eigenvalue weighted by Crippen LogP contribution is 2.30. The number of carbonyl (C=O) groups excluding carboxylic acids is 1. The summed E-state index contributed by atoms with van der Waals surface area (Å²) < 4.78 is 0. The smallest absolute Gasteiger partial charge is 0.160 e. The van der Waals surface area contributed by atoms with Crippen LogP contribution in [0.4, 0.5) is 0 Å². The summed E-state index contributed by atoms with van der Waals surface area (Å²) in [6, 6.07) is 20.2. The second kappa shape index (κ2) is 6.85. The molecule has 20 heavy (non-hydrogen) atoms. The van der Waals surface area contributed by atoms with E-state index in [0.717, 1.165) is 35.1 Å². The topological polar surface area (TPSA) is 17.1 Å². The molecule has 0 radical (unpaired) electrons. The van der Waals surface area contributed by atoms with Gasteiger partial charge in [0, 0.05) is 5.57 Å². The van der Waals surface area contributed by atoms with Gasteiger partial charge in [0.1, 0.15) is 0 Å². The molecule has 0 saturated heterocycles. The molecule has 0 spiro atoms. The van der Waals surface area contributed by atoms with Crippen LogP contribution in [0.15, 0.2) is 60.7 Å². The first-order valence-electron chi connectivity index (χ1n) is 7.09. The van der Waals surface area contributed by atoms with Gasteiger partial charge in [-0.2, -0.15) is 0 Å². The highest BCUT2D eigenvalue weighted by Gasteiger charge is 2.14. The SMILES string of the molecule is CCCC(=C(C(C)=O)c1ccccc1)c1ccccc1. The summed E-state index contributed by atoms with van der Waals surface area (Å²) in [5.74, 6) is 0.128. The van der Waals surface area contributed by atoms with Gasteiger partial charge in [0.25, 0.3) is 0 Å². The molecule has 0 unspecified atom stereocenters. The molecular weight excluding hydrogens is 244 g/mol. The van der Waals surface area contributed by atoms with Crippen molar-refractivity contribution in [1.82, 2.24) is 0 Å². The van der Waals surface area contributed by atoms with Gasteiger partial charge >= 0.3 is 0 Å². The van der Waals surface area contributed by atoms with Crippen molar-refractivity contribution in [1.29, 1.82) is 0 Å². The Morgan fingerprint density at radius 1 is 0.850 bits per heavy atom. The maximum absolute atomic E-state index is 12.2. The second-order valence-electron chi connectivity index (χ2n) is 4.89. The molecule has 0 bridgehead atoms. The molecule has 2 rings (SSSR count). The maximum atomic E-state index is 12.2. The van der Waals surface area contributed by atoms with Crippen molar-refractivity contribution in [3.05, 3.63) is 71.8 Å². The fourth-order valence-electron chi connectivity index (χ4n) is 2.50. The normalized spacial score (nSPS) is 11.9. The predicted octanol–water partition coefficient (Wildman–Crippen LogP) is 4.99. The van der Waals surface area contributed by atoms with Crippen LogP contribution in [0.5, 0.6) is 0 Å². The van der Waals surface area contributed by atoms with E-state index in [1.165, 1.54) is 0 Å². The van der Waals surface area contributed by atoms with E-state index in [1.807, 2.05) is 48.5 Å². The molecule has 0 heterocycles. The molecule has 1 nitrogen and oxygen atoms in total. The van der Waals surface area contributed by atoms with Crippen LogP contribution in [0.25, 0.3) is 11.1 Å². The number of benzene rings is 2. The lowest BCUT2D eigenvalue weighted by molar-refractivity contribution is -0.111. The number of Topliss-reactive ketones (excluding diaryl/α,β-unsaturated/α-hetero) is 1. The number of carbonyl (C=O) groups is 1. The molecule has 0 N–H and O–H groups in total. The van der Waals surface area contributed by atoms with Gasteiger partial charge in [0.15, 0.2) is 5.78 Å². The summed E-state index contributed by atoms with van der Waals surface area (Å²) in [5, 5.41) is 0. The Kier molecular flexibility index (Phi) is 4.89. The Balaban J connectivity index is 2.64. The first-order valence-corrected chi connectivity index (χ1v) is 7.09. The number of hydrogen-bond donors (Lipinski definition) is 0. The lowest BCUT2D eigenvalue weighted by Crippen LogP contribution is -2.01. The summed E-state index contributed by atoms with van der Waals surface area (Å²) in [6.45, 7) is 3.80. The fourth-order valence-corrected chi connectivity index (χ4v) is 2.50. The van der Waals surface area contributed by atoms with Gasteiger partial charge in [0.05, 0.1) is 0 Å². The fraction of sp³-hybridized carbons (Fsp3) is 0.211. The average Bonchev–Trinajstić information content (AvgIpc) is 2.48. The Labute approximate surface area is 121 Å². The number of ketones is 1. The maximum Gasteiger partial charge on any atom is 0.160 e. The zero-order valence-corrected chi connectivity index (χ0v) is 12.1. The van der Waals surface area contributed by atoms with E-state index < -0.39 is 0 Å². The van der Waals surface area contributed by atoms with Crippen molar-refractivity contribution in [2.24, 2.45) is 0 Å². The molecule has 2 aromatic carbocycles. The number of hydrogen-bond acceptors (Lipinski definition) is 1. The lowest BCUT2D eigenvalue weighted by Gasteiger charge is -2.14. The van der Waals surface area contributed by atoms with E-state index in [-0.39, 0.29) is 5.78 Å². The minimum atomic E-state index is 0.128. The minimum absolute atomic E-state index is 0.128. The van der Waals surface area contributed by atoms with Crippen molar-refractivity contribution >= 4 is 16.9 Å². The van der Waals surface area contributed by atoms with Crippen molar-refractivity contribution in [3.8, 4) is 0 Å². The van der Waals surface area contributed by atoms with Gasteiger partial charge in [-0.25, -0.2) is 0 Å². The van der Waals surface area contributed by atoms with E-state index >= 15 is 0 Å². The molecule has 0 aliphatic carbocycles. The summed E-state index contributed by atoms with van der Waals surface area (Å²) in [7, 11) is 0. The van der Waals surface area contributed by atoms with Crippen molar-refractivity contribution in [2.75, 3.05) is 0 Å². The largest absolute Gasteiger partial charge is 0.294 e. The standard InChI is InChI=1S/C19H20O/c1-3-10-18(16-11-6-4-7-12-16)19(15(2)20)17-13-8-5-9-14-17/h4-9,11-14H,3,10H2,1-2H3. The van der Waals surface area contributed by atoms with Crippen LogP contribution >= 0.6 is 0 Å². The van der Waals surface area contributed by atoms with E-state index in [9.17, 15) is 4.79 Å². The third kappa shape index (κ3) is 3.24. The highest BCUT2D eigenvalue weighted by atomic mass is 16.1. The van der Waals surface area contributed by atoms with Crippen molar-refractivity contribution in [3.63, 3.8) is 0 Å². The molecule has 2 aromatic rings. The van der Waals surface area contributed by atoms with Crippen LogP contribution in [-0.4, -0.2) is 5.78 Å². The number of rotatable bonds is 5. The molecule has 0 saturated carbocycles. The molecular formula is C19H20O. The molecule has 102 valence electrons. The Hall–Kier alpha value is -2.15. The monoisotopic (exact) mass is 264 g/mol. The molecule has 0 aliphatic heterocycles. The predicted molar refractivity (Wildman–Crippen MR) is 85.3 cm³/mol. The first kappa shape index (κ1) is 14.3. The molecule has 1 heteroatoms. The average molecular weight is 264 g/mol. The summed E-state index contributed by atoms with van der Waals surface area (Å²) in [6.07, 6.45) is 1.93. The van der Waals surface area contributed by atoms with E-state index in [4.69, 9.17) is 0 Å². The van der Waals surface area contributed by atoms with Gasteiger partial charge in [-0.05, 0) is 30.0 Å².